The van der Waals surface area contributed by atoms with Gasteiger partial charge < -0.3 is 19.3 Å². The Bertz CT molecular complexity index is 521. The highest BCUT2D eigenvalue weighted by molar-refractivity contribution is 9.10. The van der Waals surface area contributed by atoms with Crippen LogP contribution in [0.25, 0.3) is 0 Å². The summed E-state index contributed by atoms with van der Waals surface area (Å²) < 4.78 is 8.09. The molecule has 0 radical (unpaired) electrons. The molecule has 0 bridgehead atoms. The third kappa shape index (κ3) is 4.07. The summed E-state index contributed by atoms with van der Waals surface area (Å²) in [6.45, 7) is 3.65. The SMILES string of the molecule is CCn1cc(Br)cc1C(=O)N1CCC(OCC(=O)O)CC1. The van der Waals surface area contributed by atoms with E-state index in [2.05, 4.69) is 15.9 Å². The first-order valence-electron chi connectivity index (χ1n) is 6.99. The van der Waals surface area contributed by atoms with E-state index in [1.165, 1.54) is 0 Å². The number of rotatable bonds is 5. The van der Waals surface area contributed by atoms with Gasteiger partial charge in [0.05, 0.1) is 6.10 Å². The molecule has 0 aromatic carbocycles. The Balaban J connectivity index is 1.92. The number of aliphatic carboxylic acids is 1. The van der Waals surface area contributed by atoms with Gasteiger partial charge >= 0.3 is 5.97 Å². The van der Waals surface area contributed by atoms with Crippen molar-refractivity contribution in [2.45, 2.75) is 32.4 Å². The van der Waals surface area contributed by atoms with Crippen LogP contribution in [-0.2, 0) is 16.1 Å². The molecule has 1 amide bonds. The lowest BCUT2D eigenvalue weighted by Gasteiger charge is -2.31. The summed E-state index contributed by atoms with van der Waals surface area (Å²) in [5, 5.41) is 8.60. The lowest BCUT2D eigenvalue weighted by Crippen LogP contribution is -2.41. The third-order valence-electron chi connectivity index (χ3n) is 3.59. The van der Waals surface area contributed by atoms with Crippen LogP contribution in [0.5, 0.6) is 0 Å². The number of carboxylic acid groups (broad SMARTS) is 1. The maximum absolute atomic E-state index is 12.5. The zero-order valence-electron chi connectivity index (χ0n) is 11.9. The Kier molecular flexibility index (Phi) is 5.41. The van der Waals surface area contributed by atoms with Crippen LogP contribution in [-0.4, -0.2) is 52.3 Å². The minimum Gasteiger partial charge on any atom is -0.480 e. The van der Waals surface area contributed by atoms with Crippen molar-refractivity contribution >= 4 is 27.8 Å². The number of carboxylic acids is 1. The van der Waals surface area contributed by atoms with Gasteiger partial charge in [-0.2, -0.15) is 0 Å². The van der Waals surface area contributed by atoms with Crippen molar-refractivity contribution in [3.05, 3.63) is 22.4 Å². The van der Waals surface area contributed by atoms with Gasteiger partial charge in [-0.25, -0.2) is 4.79 Å². The van der Waals surface area contributed by atoms with Crippen LogP contribution in [0.4, 0.5) is 0 Å². The Hall–Kier alpha value is -1.34. The molecule has 1 aromatic rings. The van der Waals surface area contributed by atoms with Crippen molar-refractivity contribution in [1.82, 2.24) is 9.47 Å². The van der Waals surface area contributed by atoms with E-state index in [1.54, 1.807) is 4.90 Å². The van der Waals surface area contributed by atoms with Gasteiger partial charge in [0, 0.05) is 30.3 Å². The van der Waals surface area contributed by atoms with Crippen molar-refractivity contribution in [1.29, 1.82) is 0 Å². The molecule has 1 aliphatic heterocycles. The van der Waals surface area contributed by atoms with Gasteiger partial charge in [0.2, 0.25) is 0 Å². The van der Waals surface area contributed by atoms with Gasteiger partial charge in [0.25, 0.3) is 5.91 Å². The zero-order chi connectivity index (χ0) is 15.4. The van der Waals surface area contributed by atoms with E-state index >= 15 is 0 Å². The van der Waals surface area contributed by atoms with Crippen LogP contribution in [0.15, 0.2) is 16.7 Å². The van der Waals surface area contributed by atoms with E-state index in [0.29, 0.717) is 31.6 Å². The number of ether oxygens (including phenoxy) is 1. The Labute approximate surface area is 131 Å². The summed E-state index contributed by atoms with van der Waals surface area (Å²) >= 11 is 3.39. The van der Waals surface area contributed by atoms with Gasteiger partial charge in [-0.15, -0.1) is 0 Å². The second-order valence-corrected chi connectivity index (χ2v) is 5.94. The molecule has 116 valence electrons. The predicted molar refractivity (Wildman–Crippen MR) is 80.3 cm³/mol. The molecule has 1 fully saturated rings. The molecule has 21 heavy (non-hydrogen) atoms. The van der Waals surface area contributed by atoms with Crippen LogP contribution >= 0.6 is 15.9 Å². The zero-order valence-corrected chi connectivity index (χ0v) is 13.5. The average Bonchev–Trinajstić information content (AvgIpc) is 2.86. The Morgan fingerprint density at radius 3 is 2.67 bits per heavy atom. The van der Waals surface area contributed by atoms with Crippen molar-refractivity contribution in [3.8, 4) is 0 Å². The molecule has 2 heterocycles. The molecule has 1 aromatic heterocycles. The van der Waals surface area contributed by atoms with E-state index in [9.17, 15) is 9.59 Å². The molecule has 0 aliphatic carbocycles. The number of carbonyl (C=O) groups excluding carboxylic acids is 1. The number of nitrogens with zero attached hydrogens (tertiary/aromatic N) is 2. The number of aryl methyl sites for hydroxylation is 1. The monoisotopic (exact) mass is 358 g/mol. The summed E-state index contributed by atoms with van der Waals surface area (Å²) in [6.07, 6.45) is 3.17. The fourth-order valence-electron chi connectivity index (χ4n) is 2.49. The number of amides is 1. The molecule has 7 heteroatoms. The molecule has 0 unspecified atom stereocenters. The summed E-state index contributed by atoms with van der Waals surface area (Å²) in [7, 11) is 0. The highest BCUT2D eigenvalue weighted by Gasteiger charge is 2.26. The second-order valence-electron chi connectivity index (χ2n) is 5.03. The summed E-state index contributed by atoms with van der Waals surface area (Å²) in [5.41, 5.74) is 0.675. The number of halogens is 1. The van der Waals surface area contributed by atoms with Gasteiger partial charge in [0.15, 0.2) is 0 Å². The van der Waals surface area contributed by atoms with Crippen LogP contribution in [0, 0.1) is 0 Å². The standard InChI is InChI=1S/C14H19BrN2O4/c1-2-16-8-10(15)7-12(16)14(20)17-5-3-11(4-6-17)21-9-13(18)19/h7-8,11H,2-6,9H2,1H3,(H,18,19). The van der Waals surface area contributed by atoms with Crippen LogP contribution < -0.4 is 0 Å². The van der Waals surface area contributed by atoms with Gasteiger partial charge in [-0.1, -0.05) is 0 Å². The van der Waals surface area contributed by atoms with E-state index < -0.39 is 5.97 Å². The lowest BCUT2D eigenvalue weighted by molar-refractivity contribution is -0.145. The van der Waals surface area contributed by atoms with Crippen LogP contribution in [0.2, 0.25) is 0 Å². The molecule has 1 N–H and O–H groups in total. The Morgan fingerprint density at radius 1 is 1.43 bits per heavy atom. The molecule has 1 saturated heterocycles. The molecule has 6 nitrogen and oxygen atoms in total. The maximum Gasteiger partial charge on any atom is 0.329 e. The minimum absolute atomic E-state index is 0.0132. The van der Waals surface area contributed by atoms with Gasteiger partial charge in [0.1, 0.15) is 12.3 Å². The first kappa shape index (κ1) is 16.0. The smallest absolute Gasteiger partial charge is 0.329 e. The van der Waals surface area contributed by atoms with Gasteiger partial charge in [-0.3, -0.25) is 4.79 Å². The second kappa shape index (κ2) is 7.09. The fourth-order valence-corrected chi connectivity index (χ4v) is 2.96. The highest BCUT2D eigenvalue weighted by atomic mass is 79.9. The van der Waals surface area contributed by atoms with E-state index in [-0.39, 0.29) is 18.6 Å². The average molecular weight is 359 g/mol. The number of hydrogen-bond acceptors (Lipinski definition) is 3. The predicted octanol–water partition coefficient (Wildman–Crippen LogP) is 1.98. The molecular formula is C14H19BrN2O4. The lowest BCUT2D eigenvalue weighted by atomic mass is 10.1. The van der Waals surface area contributed by atoms with Crippen molar-refractivity contribution in [2.24, 2.45) is 0 Å². The highest BCUT2D eigenvalue weighted by Crippen LogP contribution is 2.20. The minimum atomic E-state index is -0.959. The molecule has 1 aliphatic rings. The summed E-state index contributed by atoms with van der Waals surface area (Å²) in [5.74, 6) is -0.946. The van der Waals surface area contributed by atoms with E-state index in [1.807, 2.05) is 23.8 Å². The van der Waals surface area contributed by atoms with Crippen LogP contribution in [0.3, 0.4) is 0 Å². The third-order valence-corrected chi connectivity index (χ3v) is 4.03. The van der Waals surface area contributed by atoms with E-state index in [0.717, 1.165) is 11.0 Å². The maximum atomic E-state index is 12.5. The number of carbonyl (C=O) groups is 2. The fraction of sp³-hybridized carbons (Fsp3) is 0.571. The number of piperidine rings is 1. The molecular weight excluding hydrogens is 340 g/mol. The summed E-state index contributed by atoms with van der Waals surface area (Å²) in [6, 6.07) is 1.83. The number of aromatic nitrogens is 1. The first-order chi connectivity index (χ1) is 10.0. The van der Waals surface area contributed by atoms with E-state index in [4.69, 9.17) is 9.84 Å². The normalized spacial score (nSPS) is 16.2. The number of hydrogen-bond donors (Lipinski definition) is 1. The molecule has 0 atom stereocenters. The Morgan fingerprint density at radius 2 is 2.10 bits per heavy atom. The first-order valence-corrected chi connectivity index (χ1v) is 7.79. The largest absolute Gasteiger partial charge is 0.480 e. The van der Waals surface area contributed by atoms with Gasteiger partial charge in [-0.05, 0) is 41.8 Å². The molecule has 0 saturated carbocycles. The van der Waals surface area contributed by atoms with Crippen molar-refractivity contribution < 1.29 is 19.4 Å². The quantitative estimate of drug-likeness (QED) is 0.873. The summed E-state index contributed by atoms with van der Waals surface area (Å²) in [4.78, 5) is 24.8. The van der Waals surface area contributed by atoms with Crippen LogP contribution in [0.1, 0.15) is 30.3 Å². The molecule has 0 spiro atoms. The van der Waals surface area contributed by atoms with Crippen molar-refractivity contribution in [2.75, 3.05) is 19.7 Å². The molecule has 2 rings (SSSR count). The topological polar surface area (TPSA) is 71.8 Å². The van der Waals surface area contributed by atoms with Crippen molar-refractivity contribution in [3.63, 3.8) is 0 Å². The number of likely N-dealkylation sites (tertiary alicyclic amines) is 1.